The molecule has 0 saturated heterocycles. The van der Waals surface area contributed by atoms with Gasteiger partial charge in [-0.25, -0.2) is 0 Å². The van der Waals surface area contributed by atoms with Crippen LogP contribution in [0.5, 0.6) is 5.75 Å². The van der Waals surface area contributed by atoms with E-state index >= 15 is 0 Å². The highest BCUT2D eigenvalue weighted by molar-refractivity contribution is 6.32. The summed E-state index contributed by atoms with van der Waals surface area (Å²) in [5.74, 6) is -2.40. The van der Waals surface area contributed by atoms with E-state index in [1.54, 1.807) is 0 Å². The largest absolute Gasteiger partial charge is 0.480 e. The molecule has 0 fully saturated rings. The topological polar surface area (TPSA) is 107 Å². The number of carboxylic acid groups (broad SMARTS) is 1. The van der Waals surface area contributed by atoms with Gasteiger partial charge in [0.15, 0.2) is 5.41 Å². The number of aliphatic carboxylic acids is 1. The van der Waals surface area contributed by atoms with E-state index in [1.165, 1.54) is 19.9 Å². The van der Waals surface area contributed by atoms with Crippen LogP contribution >= 0.6 is 11.6 Å². The molecule has 0 saturated carbocycles. The Hall–Kier alpha value is -2.15. The average molecular weight is 288 g/mol. The quantitative estimate of drug-likeness (QED) is 0.299. The van der Waals surface area contributed by atoms with Gasteiger partial charge in [0.05, 0.1) is 4.92 Å². The fraction of sp³-hybridized carbons (Fsp3) is 0.273. The van der Waals surface area contributed by atoms with E-state index in [2.05, 4.69) is 0 Å². The Kier molecular flexibility index (Phi) is 4.10. The number of carbonyl (C=O) groups excluding carboxylic acids is 1. The third-order valence-electron chi connectivity index (χ3n) is 2.37. The maximum Gasteiger partial charge on any atom is 0.328 e. The van der Waals surface area contributed by atoms with Crippen LogP contribution in [-0.2, 0) is 9.59 Å². The van der Waals surface area contributed by atoms with Crippen molar-refractivity contribution in [1.29, 1.82) is 0 Å². The molecule has 0 aromatic heterocycles. The predicted molar refractivity (Wildman–Crippen MR) is 65.2 cm³/mol. The molecule has 0 amide bonds. The van der Waals surface area contributed by atoms with Crippen LogP contribution in [0.1, 0.15) is 13.8 Å². The smallest absolute Gasteiger partial charge is 0.328 e. The summed E-state index contributed by atoms with van der Waals surface area (Å²) in [6.07, 6.45) is 0. The molecule has 0 atom stereocenters. The number of nitro benzene ring substituents is 1. The monoisotopic (exact) mass is 287 g/mol. The molecule has 1 aromatic carbocycles. The van der Waals surface area contributed by atoms with Gasteiger partial charge < -0.3 is 9.84 Å². The molecule has 7 nitrogen and oxygen atoms in total. The number of nitrogens with zero attached hydrogens (tertiary/aromatic N) is 1. The van der Waals surface area contributed by atoms with Gasteiger partial charge in [0.2, 0.25) is 0 Å². The van der Waals surface area contributed by atoms with Crippen molar-refractivity contribution in [3.8, 4) is 5.75 Å². The Morgan fingerprint density at radius 3 is 2.42 bits per heavy atom. The van der Waals surface area contributed by atoms with E-state index in [9.17, 15) is 19.7 Å². The average Bonchev–Trinajstić information content (AvgIpc) is 2.28. The summed E-state index contributed by atoms with van der Waals surface area (Å²) in [6.45, 7) is 2.37. The summed E-state index contributed by atoms with van der Waals surface area (Å²) in [5.41, 5.74) is -2.06. The molecule has 0 heterocycles. The number of carbonyl (C=O) groups is 2. The molecule has 0 radical (unpaired) electrons. The zero-order valence-corrected chi connectivity index (χ0v) is 10.8. The first-order chi connectivity index (χ1) is 8.66. The molecular weight excluding hydrogens is 278 g/mol. The van der Waals surface area contributed by atoms with Gasteiger partial charge in [0.1, 0.15) is 10.8 Å². The van der Waals surface area contributed by atoms with Crippen LogP contribution in [0.2, 0.25) is 5.02 Å². The second-order valence-corrected chi connectivity index (χ2v) is 4.60. The number of halogens is 1. The van der Waals surface area contributed by atoms with Crippen LogP contribution in [0.15, 0.2) is 18.2 Å². The Balaban J connectivity index is 2.96. The molecule has 0 bridgehead atoms. The maximum atomic E-state index is 11.6. The third-order valence-corrected chi connectivity index (χ3v) is 2.67. The Morgan fingerprint density at radius 2 is 2.00 bits per heavy atom. The second kappa shape index (κ2) is 5.23. The van der Waals surface area contributed by atoms with E-state index in [0.29, 0.717) is 0 Å². The SMILES string of the molecule is CC(C)(C(=O)O)C(=O)Oc1ccc([N+](=O)[O-])c(Cl)c1. The van der Waals surface area contributed by atoms with E-state index < -0.39 is 22.3 Å². The van der Waals surface area contributed by atoms with Crippen LogP contribution in [0.4, 0.5) is 5.69 Å². The van der Waals surface area contributed by atoms with Gasteiger partial charge in [-0.3, -0.25) is 19.7 Å². The van der Waals surface area contributed by atoms with Crippen molar-refractivity contribution in [3.05, 3.63) is 33.3 Å². The van der Waals surface area contributed by atoms with Crippen LogP contribution in [0.25, 0.3) is 0 Å². The number of hydrogen-bond donors (Lipinski definition) is 1. The lowest BCUT2D eigenvalue weighted by molar-refractivity contribution is -0.384. The normalized spacial score (nSPS) is 10.9. The van der Waals surface area contributed by atoms with E-state index in [-0.39, 0.29) is 16.5 Å². The van der Waals surface area contributed by atoms with Gasteiger partial charge in [0.25, 0.3) is 5.69 Å². The van der Waals surface area contributed by atoms with Crippen molar-refractivity contribution in [3.63, 3.8) is 0 Å². The molecule has 8 heteroatoms. The number of carboxylic acids is 1. The predicted octanol–water partition coefficient (Wildman–Crippen LogP) is 2.26. The molecule has 1 rings (SSSR count). The molecule has 19 heavy (non-hydrogen) atoms. The molecule has 1 N–H and O–H groups in total. The fourth-order valence-electron chi connectivity index (χ4n) is 1.02. The van der Waals surface area contributed by atoms with Gasteiger partial charge in [-0.1, -0.05) is 11.6 Å². The molecule has 0 unspecified atom stereocenters. The highest BCUT2D eigenvalue weighted by atomic mass is 35.5. The number of rotatable bonds is 4. The van der Waals surface area contributed by atoms with Crippen LogP contribution < -0.4 is 4.74 Å². The number of esters is 1. The lowest BCUT2D eigenvalue weighted by atomic mass is 9.94. The summed E-state index contributed by atoms with van der Waals surface area (Å²) in [7, 11) is 0. The zero-order valence-electron chi connectivity index (χ0n) is 10.0. The Morgan fingerprint density at radius 1 is 1.42 bits per heavy atom. The van der Waals surface area contributed by atoms with Crippen LogP contribution in [0.3, 0.4) is 0 Å². The summed E-state index contributed by atoms with van der Waals surface area (Å²) < 4.78 is 4.83. The standard InChI is InChI=1S/C11H10ClNO6/c1-11(2,9(14)15)10(16)19-6-3-4-8(13(17)18)7(12)5-6/h3-5H,1-2H3,(H,14,15). The molecule has 0 aliphatic rings. The fourth-order valence-corrected chi connectivity index (χ4v) is 1.26. The highest BCUT2D eigenvalue weighted by Gasteiger charge is 2.38. The van der Waals surface area contributed by atoms with E-state index in [4.69, 9.17) is 21.4 Å². The van der Waals surface area contributed by atoms with Crippen molar-refractivity contribution in [1.82, 2.24) is 0 Å². The summed E-state index contributed by atoms with van der Waals surface area (Å²) in [4.78, 5) is 32.3. The molecular formula is C11H10ClNO6. The van der Waals surface area contributed by atoms with Crippen molar-refractivity contribution in [2.24, 2.45) is 5.41 Å². The minimum atomic E-state index is -1.73. The van der Waals surface area contributed by atoms with Crippen molar-refractivity contribution < 1.29 is 24.4 Å². The van der Waals surface area contributed by atoms with Crippen molar-refractivity contribution in [2.45, 2.75) is 13.8 Å². The highest BCUT2D eigenvalue weighted by Crippen LogP contribution is 2.29. The minimum absolute atomic E-state index is 0.0603. The minimum Gasteiger partial charge on any atom is -0.480 e. The summed E-state index contributed by atoms with van der Waals surface area (Å²) in [5, 5.41) is 19.2. The van der Waals surface area contributed by atoms with Gasteiger partial charge in [-0.15, -0.1) is 0 Å². The number of nitro groups is 1. The maximum absolute atomic E-state index is 11.6. The first kappa shape index (κ1) is 14.9. The van der Waals surface area contributed by atoms with Gasteiger partial charge in [-0.05, 0) is 19.9 Å². The molecule has 0 aliphatic carbocycles. The molecule has 1 aromatic rings. The Labute approximate surface area is 112 Å². The zero-order chi connectivity index (χ0) is 14.8. The van der Waals surface area contributed by atoms with E-state index in [1.807, 2.05) is 0 Å². The third kappa shape index (κ3) is 3.19. The summed E-state index contributed by atoms with van der Waals surface area (Å²) in [6, 6.07) is 3.31. The van der Waals surface area contributed by atoms with E-state index in [0.717, 1.165) is 12.1 Å². The first-order valence-corrected chi connectivity index (χ1v) is 5.43. The van der Waals surface area contributed by atoms with Crippen LogP contribution in [-0.4, -0.2) is 22.0 Å². The van der Waals surface area contributed by atoms with Gasteiger partial charge in [-0.2, -0.15) is 0 Å². The van der Waals surface area contributed by atoms with Crippen LogP contribution in [0, 0.1) is 15.5 Å². The van der Waals surface area contributed by atoms with Gasteiger partial charge in [0, 0.05) is 12.1 Å². The number of benzene rings is 1. The second-order valence-electron chi connectivity index (χ2n) is 4.19. The lowest BCUT2D eigenvalue weighted by Gasteiger charge is -2.17. The number of ether oxygens (including phenoxy) is 1. The molecule has 102 valence electrons. The summed E-state index contributed by atoms with van der Waals surface area (Å²) >= 11 is 5.64. The Bertz CT molecular complexity index is 554. The lowest BCUT2D eigenvalue weighted by Crippen LogP contribution is -2.36. The number of hydrogen-bond acceptors (Lipinski definition) is 5. The van der Waals surface area contributed by atoms with Crippen molar-refractivity contribution >= 4 is 29.2 Å². The molecule has 0 spiro atoms. The van der Waals surface area contributed by atoms with Crippen molar-refractivity contribution in [2.75, 3.05) is 0 Å². The first-order valence-electron chi connectivity index (χ1n) is 5.06. The van der Waals surface area contributed by atoms with Gasteiger partial charge >= 0.3 is 11.9 Å². The molecule has 0 aliphatic heterocycles.